The number of aromatic nitrogens is 2. The maximum Gasteiger partial charge on any atom is 0.0632 e. The Morgan fingerprint density at radius 3 is 2.69 bits per heavy atom. The molecule has 0 saturated heterocycles. The highest BCUT2D eigenvalue weighted by Gasteiger charge is 2.10. The molecule has 16 heavy (non-hydrogen) atoms. The molecule has 2 rings (SSSR count). The molecule has 0 atom stereocenters. The summed E-state index contributed by atoms with van der Waals surface area (Å²) in [5, 5.41) is 7.89. The summed E-state index contributed by atoms with van der Waals surface area (Å²) >= 11 is 3.41. The molecule has 1 aromatic heterocycles. The fourth-order valence-electron chi connectivity index (χ4n) is 2.33. The van der Waals surface area contributed by atoms with Crippen molar-refractivity contribution in [1.29, 1.82) is 0 Å². The maximum atomic E-state index is 4.25. The molecule has 4 heteroatoms. The van der Waals surface area contributed by atoms with Gasteiger partial charge in [-0.05, 0) is 28.8 Å². The predicted molar refractivity (Wildman–Crippen MR) is 69.4 cm³/mol. The van der Waals surface area contributed by atoms with E-state index >= 15 is 0 Å². The van der Waals surface area contributed by atoms with Crippen molar-refractivity contribution in [3.8, 4) is 0 Å². The minimum Gasteiger partial charge on any atom is -0.312 e. The van der Waals surface area contributed by atoms with Gasteiger partial charge in [-0.15, -0.1) is 0 Å². The first-order valence-electron chi connectivity index (χ1n) is 6.26. The molecule has 1 aliphatic carbocycles. The summed E-state index contributed by atoms with van der Waals surface area (Å²) in [4.78, 5) is 0. The van der Waals surface area contributed by atoms with Crippen LogP contribution in [0.25, 0.3) is 0 Å². The fraction of sp³-hybridized carbons (Fsp3) is 0.750. The fourth-order valence-corrected chi connectivity index (χ4v) is 2.66. The SMILES string of the molecule is Brc1cnn(CCNC2CCCCCC2)c1. The van der Waals surface area contributed by atoms with Crippen LogP contribution in [0.5, 0.6) is 0 Å². The van der Waals surface area contributed by atoms with E-state index in [2.05, 4.69) is 26.3 Å². The molecule has 0 spiro atoms. The van der Waals surface area contributed by atoms with E-state index in [-0.39, 0.29) is 0 Å². The third-order valence-corrected chi connectivity index (χ3v) is 3.64. The molecule has 1 aliphatic rings. The minimum atomic E-state index is 0.738. The van der Waals surface area contributed by atoms with Crippen molar-refractivity contribution in [3.63, 3.8) is 0 Å². The van der Waals surface area contributed by atoms with E-state index < -0.39 is 0 Å². The number of halogens is 1. The van der Waals surface area contributed by atoms with Crippen LogP contribution in [-0.4, -0.2) is 22.4 Å². The van der Waals surface area contributed by atoms with Gasteiger partial charge in [0.05, 0.1) is 17.2 Å². The van der Waals surface area contributed by atoms with Gasteiger partial charge in [-0.2, -0.15) is 5.10 Å². The third kappa shape index (κ3) is 3.91. The summed E-state index contributed by atoms with van der Waals surface area (Å²) < 4.78 is 3.04. The van der Waals surface area contributed by atoms with Crippen LogP contribution in [0.2, 0.25) is 0 Å². The molecular formula is C12H20BrN3. The van der Waals surface area contributed by atoms with Crippen LogP contribution in [0.15, 0.2) is 16.9 Å². The van der Waals surface area contributed by atoms with Crippen molar-refractivity contribution in [2.75, 3.05) is 6.54 Å². The molecule has 0 bridgehead atoms. The first-order valence-corrected chi connectivity index (χ1v) is 7.05. The second-order valence-electron chi connectivity index (χ2n) is 4.56. The van der Waals surface area contributed by atoms with Crippen LogP contribution in [0, 0.1) is 0 Å². The standard InChI is InChI=1S/C12H20BrN3/c13-11-9-15-16(10-11)8-7-14-12-5-3-1-2-4-6-12/h9-10,12,14H,1-8H2. The van der Waals surface area contributed by atoms with Crippen molar-refractivity contribution in [2.24, 2.45) is 0 Å². The summed E-state index contributed by atoms with van der Waals surface area (Å²) in [5.74, 6) is 0. The van der Waals surface area contributed by atoms with Crippen molar-refractivity contribution in [1.82, 2.24) is 15.1 Å². The van der Waals surface area contributed by atoms with Crippen molar-refractivity contribution < 1.29 is 0 Å². The van der Waals surface area contributed by atoms with E-state index in [1.807, 2.05) is 17.1 Å². The Morgan fingerprint density at radius 1 is 1.31 bits per heavy atom. The number of hydrogen-bond donors (Lipinski definition) is 1. The first kappa shape index (κ1) is 12.1. The highest BCUT2D eigenvalue weighted by Crippen LogP contribution is 2.16. The lowest BCUT2D eigenvalue weighted by atomic mass is 10.1. The lowest BCUT2D eigenvalue weighted by Gasteiger charge is -2.15. The molecule has 3 nitrogen and oxygen atoms in total. The van der Waals surface area contributed by atoms with Gasteiger partial charge in [0.2, 0.25) is 0 Å². The molecule has 0 amide bonds. The summed E-state index contributed by atoms with van der Waals surface area (Å²) in [7, 11) is 0. The van der Waals surface area contributed by atoms with Gasteiger partial charge in [0.15, 0.2) is 0 Å². The number of nitrogens with one attached hydrogen (secondary N) is 1. The van der Waals surface area contributed by atoms with Crippen molar-refractivity contribution in [2.45, 2.75) is 51.1 Å². The molecule has 1 fully saturated rings. The largest absolute Gasteiger partial charge is 0.312 e. The smallest absolute Gasteiger partial charge is 0.0632 e. The van der Waals surface area contributed by atoms with Gasteiger partial charge in [-0.25, -0.2) is 0 Å². The molecule has 1 saturated carbocycles. The minimum absolute atomic E-state index is 0.738. The topological polar surface area (TPSA) is 29.9 Å². The molecule has 1 heterocycles. The summed E-state index contributed by atoms with van der Waals surface area (Å²) in [6, 6.07) is 0.738. The van der Waals surface area contributed by atoms with Gasteiger partial charge >= 0.3 is 0 Å². The zero-order valence-corrected chi connectivity index (χ0v) is 11.2. The average molecular weight is 286 g/mol. The van der Waals surface area contributed by atoms with Crippen LogP contribution in [0.3, 0.4) is 0 Å². The Morgan fingerprint density at radius 2 is 2.06 bits per heavy atom. The molecule has 90 valence electrons. The van der Waals surface area contributed by atoms with Gasteiger partial charge in [0, 0.05) is 18.8 Å². The molecule has 0 radical (unpaired) electrons. The van der Waals surface area contributed by atoms with Gasteiger partial charge in [-0.3, -0.25) is 4.68 Å². The Bertz CT molecular complexity index is 303. The zero-order valence-electron chi connectivity index (χ0n) is 9.66. The lowest BCUT2D eigenvalue weighted by molar-refractivity contribution is 0.436. The Balaban J connectivity index is 1.67. The second kappa shape index (κ2) is 6.40. The Labute approximate surface area is 106 Å². The average Bonchev–Trinajstić information content (AvgIpc) is 2.54. The van der Waals surface area contributed by atoms with Gasteiger partial charge in [0.25, 0.3) is 0 Å². The van der Waals surface area contributed by atoms with Crippen molar-refractivity contribution in [3.05, 3.63) is 16.9 Å². The Hall–Kier alpha value is -0.350. The number of nitrogens with zero attached hydrogens (tertiary/aromatic N) is 2. The summed E-state index contributed by atoms with van der Waals surface area (Å²) in [6.45, 7) is 1.99. The number of rotatable bonds is 4. The molecule has 0 aliphatic heterocycles. The molecule has 0 aromatic carbocycles. The molecule has 1 N–H and O–H groups in total. The highest BCUT2D eigenvalue weighted by molar-refractivity contribution is 9.10. The quantitative estimate of drug-likeness (QED) is 0.862. The maximum absolute atomic E-state index is 4.25. The second-order valence-corrected chi connectivity index (χ2v) is 5.48. The van der Waals surface area contributed by atoms with Gasteiger partial charge in [0.1, 0.15) is 0 Å². The highest BCUT2D eigenvalue weighted by atomic mass is 79.9. The van der Waals surface area contributed by atoms with E-state index in [0.29, 0.717) is 0 Å². The van der Waals surface area contributed by atoms with Crippen LogP contribution in [-0.2, 0) is 6.54 Å². The molecule has 0 unspecified atom stereocenters. The lowest BCUT2D eigenvalue weighted by Crippen LogP contribution is -2.31. The first-order chi connectivity index (χ1) is 7.84. The van der Waals surface area contributed by atoms with Crippen LogP contribution in [0.1, 0.15) is 38.5 Å². The van der Waals surface area contributed by atoms with E-state index in [4.69, 9.17) is 0 Å². The van der Waals surface area contributed by atoms with Crippen LogP contribution < -0.4 is 5.32 Å². The summed E-state index contributed by atoms with van der Waals surface area (Å²) in [5.41, 5.74) is 0. The predicted octanol–water partition coefficient (Wildman–Crippen LogP) is 2.96. The van der Waals surface area contributed by atoms with Gasteiger partial charge < -0.3 is 5.32 Å². The Kier molecular flexibility index (Phi) is 4.85. The normalized spacial score (nSPS) is 18.6. The van der Waals surface area contributed by atoms with E-state index in [0.717, 1.165) is 23.6 Å². The van der Waals surface area contributed by atoms with E-state index in [1.54, 1.807) is 0 Å². The number of hydrogen-bond acceptors (Lipinski definition) is 2. The zero-order chi connectivity index (χ0) is 11.2. The van der Waals surface area contributed by atoms with E-state index in [1.165, 1.54) is 38.5 Å². The summed E-state index contributed by atoms with van der Waals surface area (Å²) in [6.07, 6.45) is 12.2. The van der Waals surface area contributed by atoms with E-state index in [9.17, 15) is 0 Å². The van der Waals surface area contributed by atoms with Crippen LogP contribution in [0.4, 0.5) is 0 Å². The molecular weight excluding hydrogens is 266 g/mol. The third-order valence-electron chi connectivity index (χ3n) is 3.23. The molecule has 1 aromatic rings. The monoisotopic (exact) mass is 285 g/mol. The van der Waals surface area contributed by atoms with Crippen LogP contribution >= 0.6 is 15.9 Å². The van der Waals surface area contributed by atoms with Gasteiger partial charge in [-0.1, -0.05) is 25.7 Å². The van der Waals surface area contributed by atoms with Crippen molar-refractivity contribution >= 4 is 15.9 Å².